The predicted molar refractivity (Wildman–Crippen MR) is 65.7 cm³/mol. The highest BCUT2D eigenvalue weighted by atomic mass is 79.9. The van der Waals surface area contributed by atoms with E-state index in [0.29, 0.717) is 21.1 Å². The van der Waals surface area contributed by atoms with E-state index in [1.807, 2.05) is 6.92 Å². The molecule has 2 atom stereocenters. The fraction of sp³-hybridized carbons (Fsp3) is 0.500. The molecule has 0 aromatic carbocycles. The summed E-state index contributed by atoms with van der Waals surface area (Å²) in [4.78, 5) is 23.1. The third-order valence-corrected chi connectivity index (χ3v) is 4.26. The van der Waals surface area contributed by atoms with E-state index in [1.54, 1.807) is 0 Å². The third-order valence-electron chi connectivity index (χ3n) is 2.69. The summed E-state index contributed by atoms with van der Waals surface area (Å²) in [6.45, 7) is 3.50. The second-order valence-corrected chi connectivity index (χ2v) is 5.57. The number of Topliss-reactive ketones (excluding diaryl/α,β-unsaturated/α-hetero) is 1. The van der Waals surface area contributed by atoms with Crippen LogP contribution >= 0.6 is 27.5 Å². The van der Waals surface area contributed by atoms with Gasteiger partial charge in [0.15, 0.2) is 5.78 Å². The summed E-state index contributed by atoms with van der Waals surface area (Å²) in [6, 6.07) is 0. The maximum Gasteiger partial charge on any atom is 0.228 e. The first-order valence-electron chi connectivity index (χ1n) is 4.97. The smallest absolute Gasteiger partial charge is 0.228 e. The number of nitrogens with one attached hydrogen (secondary N) is 1. The molecular weight excluding hydrogens is 292 g/mol. The molecule has 0 spiro atoms. The molecule has 4 nitrogen and oxygen atoms in total. The average molecular weight is 303 g/mol. The number of aromatic nitrogens is 1. The number of hydrogen-bond donors (Lipinski definition) is 1. The zero-order chi connectivity index (χ0) is 11.9. The van der Waals surface area contributed by atoms with Crippen LogP contribution in [0.4, 0.5) is 5.00 Å². The lowest BCUT2D eigenvalue weighted by atomic mass is 10.2. The van der Waals surface area contributed by atoms with E-state index in [2.05, 4.69) is 25.6 Å². The maximum atomic E-state index is 11.7. The van der Waals surface area contributed by atoms with Gasteiger partial charge in [-0.15, -0.1) is 0 Å². The number of amides is 1. The van der Waals surface area contributed by atoms with Gasteiger partial charge in [0, 0.05) is 5.92 Å². The first kappa shape index (κ1) is 11.7. The molecule has 1 aliphatic rings. The number of ketones is 1. The zero-order valence-electron chi connectivity index (χ0n) is 8.91. The number of hydrogen-bond acceptors (Lipinski definition) is 4. The minimum atomic E-state index is -0.0974. The van der Waals surface area contributed by atoms with Crippen molar-refractivity contribution in [3.63, 3.8) is 0 Å². The SMILES string of the molecule is CC(=O)c1c(Br)nsc1NC(=O)[C@@H]1C[C@H]1C. The van der Waals surface area contributed by atoms with Gasteiger partial charge < -0.3 is 5.32 Å². The van der Waals surface area contributed by atoms with Crippen molar-refractivity contribution in [3.05, 3.63) is 10.2 Å². The molecule has 86 valence electrons. The first-order chi connectivity index (χ1) is 7.50. The molecule has 0 aliphatic heterocycles. The van der Waals surface area contributed by atoms with Crippen LogP contribution in [0, 0.1) is 11.8 Å². The summed E-state index contributed by atoms with van der Waals surface area (Å²) in [5, 5.41) is 3.32. The number of halogens is 1. The van der Waals surface area contributed by atoms with Crippen molar-refractivity contribution >= 4 is 44.2 Å². The molecule has 1 amide bonds. The number of nitrogens with zero attached hydrogens (tertiary/aromatic N) is 1. The Kier molecular flexibility index (Phi) is 3.12. The minimum absolute atomic E-state index is 0.00819. The molecule has 1 aromatic rings. The average Bonchev–Trinajstić information content (AvgIpc) is 2.80. The molecule has 1 fully saturated rings. The standard InChI is InChI=1S/C10H11BrN2O2S/c1-4-3-6(4)9(15)12-10-7(5(2)14)8(11)13-16-10/h4,6H,3H2,1-2H3,(H,12,15)/t4-,6-/m1/s1. The van der Waals surface area contributed by atoms with Gasteiger partial charge in [0.2, 0.25) is 5.91 Å². The molecule has 1 N–H and O–H groups in total. The number of rotatable bonds is 3. The van der Waals surface area contributed by atoms with Crippen LogP contribution in [0.5, 0.6) is 0 Å². The first-order valence-corrected chi connectivity index (χ1v) is 6.54. The van der Waals surface area contributed by atoms with Crippen LogP contribution in [-0.2, 0) is 4.79 Å². The molecular formula is C10H11BrN2O2S. The Morgan fingerprint density at radius 2 is 2.19 bits per heavy atom. The Labute approximate surface area is 106 Å². The van der Waals surface area contributed by atoms with Crippen molar-refractivity contribution in [2.75, 3.05) is 5.32 Å². The quantitative estimate of drug-likeness (QED) is 0.873. The Hall–Kier alpha value is -0.750. The third kappa shape index (κ3) is 2.17. The normalized spacial score (nSPS) is 22.9. The lowest BCUT2D eigenvalue weighted by Crippen LogP contribution is -2.15. The highest BCUT2D eigenvalue weighted by Gasteiger charge is 2.39. The van der Waals surface area contributed by atoms with E-state index in [1.165, 1.54) is 6.92 Å². The molecule has 2 rings (SSSR count). The molecule has 0 bridgehead atoms. The number of anilines is 1. The zero-order valence-corrected chi connectivity index (χ0v) is 11.3. The summed E-state index contributed by atoms with van der Waals surface area (Å²) in [6.07, 6.45) is 0.932. The molecule has 1 saturated carbocycles. The Morgan fingerprint density at radius 3 is 2.69 bits per heavy atom. The van der Waals surface area contributed by atoms with Gasteiger partial charge in [-0.05, 0) is 46.7 Å². The molecule has 0 saturated heterocycles. The van der Waals surface area contributed by atoms with Crippen LogP contribution in [0.15, 0.2) is 4.60 Å². The van der Waals surface area contributed by atoms with Gasteiger partial charge in [0.1, 0.15) is 9.60 Å². The van der Waals surface area contributed by atoms with Gasteiger partial charge in [-0.1, -0.05) is 6.92 Å². The molecule has 1 aromatic heterocycles. The summed E-state index contributed by atoms with van der Waals surface area (Å²) in [5.74, 6) is 0.448. The van der Waals surface area contributed by atoms with E-state index in [4.69, 9.17) is 0 Å². The van der Waals surface area contributed by atoms with Gasteiger partial charge >= 0.3 is 0 Å². The Balaban J connectivity index is 2.15. The predicted octanol–water partition coefficient (Wildman–Crippen LogP) is 2.70. The Morgan fingerprint density at radius 1 is 1.56 bits per heavy atom. The molecule has 0 radical (unpaired) electrons. The second kappa shape index (κ2) is 4.25. The van der Waals surface area contributed by atoms with Crippen LogP contribution in [0.1, 0.15) is 30.6 Å². The van der Waals surface area contributed by atoms with Crippen molar-refractivity contribution in [2.24, 2.45) is 11.8 Å². The lowest BCUT2D eigenvalue weighted by molar-refractivity contribution is -0.117. The van der Waals surface area contributed by atoms with Gasteiger partial charge in [-0.2, -0.15) is 4.37 Å². The highest BCUT2D eigenvalue weighted by molar-refractivity contribution is 9.10. The van der Waals surface area contributed by atoms with Crippen LogP contribution in [0.2, 0.25) is 0 Å². The van der Waals surface area contributed by atoms with Crippen molar-refractivity contribution in [1.82, 2.24) is 4.37 Å². The molecule has 1 heterocycles. The molecule has 0 unspecified atom stereocenters. The second-order valence-electron chi connectivity index (χ2n) is 4.04. The molecule has 16 heavy (non-hydrogen) atoms. The number of carbonyl (C=O) groups excluding carboxylic acids is 2. The summed E-state index contributed by atoms with van der Waals surface area (Å²) >= 11 is 4.33. The van der Waals surface area contributed by atoms with Crippen molar-refractivity contribution < 1.29 is 9.59 Å². The van der Waals surface area contributed by atoms with Crippen LogP contribution < -0.4 is 5.32 Å². The summed E-state index contributed by atoms with van der Waals surface area (Å²) < 4.78 is 4.52. The fourth-order valence-corrected chi connectivity index (χ4v) is 3.12. The van der Waals surface area contributed by atoms with E-state index >= 15 is 0 Å². The van der Waals surface area contributed by atoms with E-state index in [-0.39, 0.29) is 17.6 Å². The maximum absolute atomic E-state index is 11.7. The number of carbonyl (C=O) groups is 2. The summed E-state index contributed by atoms with van der Waals surface area (Å²) in [5.41, 5.74) is 0.464. The van der Waals surface area contributed by atoms with Gasteiger partial charge in [-0.3, -0.25) is 9.59 Å². The fourth-order valence-electron chi connectivity index (χ4n) is 1.55. The minimum Gasteiger partial charge on any atom is -0.316 e. The van der Waals surface area contributed by atoms with E-state index < -0.39 is 0 Å². The Bertz CT molecular complexity index is 458. The molecule has 6 heteroatoms. The topological polar surface area (TPSA) is 59.1 Å². The van der Waals surface area contributed by atoms with Crippen molar-refractivity contribution in [3.8, 4) is 0 Å². The van der Waals surface area contributed by atoms with Gasteiger partial charge in [0.05, 0.1) is 5.56 Å². The van der Waals surface area contributed by atoms with Gasteiger partial charge in [-0.25, -0.2) is 0 Å². The van der Waals surface area contributed by atoms with Crippen LogP contribution in [0.25, 0.3) is 0 Å². The van der Waals surface area contributed by atoms with E-state index in [0.717, 1.165) is 18.0 Å². The van der Waals surface area contributed by atoms with Crippen molar-refractivity contribution in [1.29, 1.82) is 0 Å². The van der Waals surface area contributed by atoms with E-state index in [9.17, 15) is 9.59 Å². The van der Waals surface area contributed by atoms with Crippen molar-refractivity contribution in [2.45, 2.75) is 20.3 Å². The summed E-state index contributed by atoms with van der Waals surface area (Å²) in [7, 11) is 0. The largest absolute Gasteiger partial charge is 0.316 e. The van der Waals surface area contributed by atoms with Gasteiger partial charge in [0.25, 0.3) is 0 Å². The highest BCUT2D eigenvalue weighted by Crippen LogP contribution is 2.39. The van der Waals surface area contributed by atoms with Crippen LogP contribution in [-0.4, -0.2) is 16.1 Å². The van der Waals surface area contributed by atoms with Crippen LogP contribution in [0.3, 0.4) is 0 Å². The monoisotopic (exact) mass is 302 g/mol. The lowest BCUT2D eigenvalue weighted by Gasteiger charge is -2.02. The molecule has 1 aliphatic carbocycles.